The molecule has 0 spiro atoms. The fourth-order valence-corrected chi connectivity index (χ4v) is 3.35. The lowest BCUT2D eigenvalue weighted by atomic mass is 10.1. The summed E-state index contributed by atoms with van der Waals surface area (Å²) in [7, 11) is 1.62. The summed E-state index contributed by atoms with van der Waals surface area (Å²) < 4.78 is 5.24. The summed E-state index contributed by atoms with van der Waals surface area (Å²) in [6.07, 6.45) is 1.58. The monoisotopic (exact) mass is 401 g/mol. The number of hydrogen-bond donors (Lipinski definition) is 1. The number of allylic oxidation sites excluding steroid dienone is 1. The number of nitrogens with one attached hydrogen (secondary N) is 1. The van der Waals surface area contributed by atoms with E-state index < -0.39 is 0 Å². The Hall–Kier alpha value is -2.52. The van der Waals surface area contributed by atoms with E-state index in [4.69, 9.17) is 27.9 Å². The average Bonchev–Trinajstić information content (AvgIpc) is 3.15. The molecule has 130 valence electrons. The van der Waals surface area contributed by atoms with Crippen LogP contribution in [0.4, 0.5) is 5.69 Å². The second-order valence-electron chi connectivity index (χ2n) is 5.21. The van der Waals surface area contributed by atoms with Crippen LogP contribution in [0.3, 0.4) is 0 Å². The van der Waals surface area contributed by atoms with Crippen LogP contribution < -0.4 is 10.1 Å². The van der Waals surface area contributed by atoms with Gasteiger partial charge in [-0.25, -0.2) is 4.98 Å². The SMILES string of the molecule is COc1cccc(-c2csc(C(C#N)=CNc3cc(Cl)ccc3Cl)n2)c1. The first-order chi connectivity index (χ1) is 12.6. The van der Waals surface area contributed by atoms with Crippen molar-refractivity contribution >= 4 is 45.8 Å². The molecule has 3 aromatic rings. The fraction of sp³-hybridized carbons (Fsp3) is 0.0526. The molecule has 0 bridgehead atoms. The number of aromatic nitrogens is 1. The largest absolute Gasteiger partial charge is 0.497 e. The first-order valence-corrected chi connectivity index (χ1v) is 9.16. The molecular weight excluding hydrogens is 389 g/mol. The first kappa shape index (κ1) is 18.3. The number of nitriles is 1. The van der Waals surface area contributed by atoms with Crippen LogP contribution in [0.1, 0.15) is 5.01 Å². The molecule has 1 heterocycles. The number of rotatable bonds is 5. The van der Waals surface area contributed by atoms with Crippen molar-refractivity contribution in [2.75, 3.05) is 12.4 Å². The van der Waals surface area contributed by atoms with Crippen molar-refractivity contribution < 1.29 is 4.74 Å². The minimum absolute atomic E-state index is 0.403. The van der Waals surface area contributed by atoms with Gasteiger partial charge in [0.1, 0.15) is 22.4 Å². The van der Waals surface area contributed by atoms with E-state index in [0.717, 1.165) is 17.0 Å². The van der Waals surface area contributed by atoms with Crippen LogP contribution in [-0.2, 0) is 0 Å². The number of hydrogen-bond acceptors (Lipinski definition) is 5. The van der Waals surface area contributed by atoms with Crippen molar-refractivity contribution in [1.82, 2.24) is 4.98 Å². The van der Waals surface area contributed by atoms with E-state index in [1.807, 2.05) is 29.6 Å². The standard InChI is InChI=1S/C19H13Cl2N3OS/c1-25-15-4-2-3-12(7-15)18-11-26-19(24-18)13(9-22)10-23-17-8-14(20)5-6-16(17)21/h2-8,10-11,23H,1H3. The predicted octanol–water partition coefficient (Wildman–Crippen LogP) is 6.10. The van der Waals surface area contributed by atoms with Crippen molar-refractivity contribution in [3.05, 3.63) is 69.1 Å². The summed E-state index contributed by atoms with van der Waals surface area (Å²) >= 11 is 13.5. The van der Waals surface area contributed by atoms with E-state index in [-0.39, 0.29) is 0 Å². The molecule has 0 aliphatic heterocycles. The summed E-state index contributed by atoms with van der Waals surface area (Å²) in [5.41, 5.74) is 2.73. The van der Waals surface area contributed by atoms with Gasteiger partial charge in [-0.1, -0.05) is 35.3 Å². The van der Waals surface area contributed by atoms with E-state index >= 15 is 0 Å². The fourth-order valence-electron chi connectivity index (χ4n) is 2.21. The van der Waals surface area contributed by atoms with Gasteiger partial charge in [-0.3, -0.25) is 0 Å². The molecule has 0 radical (unpaired) electrons. The Labute approximate surface area is 165 Å². The van der Waals surface area contributed by atoms with Gasteiger partial charge in [0.25, 0.3) is 0 Å². The maximum absolute atomic E-state index is 9.47. The van der Waals surface area contributed by atoms with Crippen LogP contribution in [0, 0.1) is 11.3 Å². The van der Waals surface area contributed by atoms with Crippen LogP contribution in [0.25, 0.3) is 16.8 Å². The van der Waals surface area contributed by atoms with Crippen molar-refractivity contribution in [1.29, 1.82) is 5.26 Å². The minimum atomic E-state index is 0.403. The molecule has 26 heavy (non-hydrogen) atoms. The van der Waals surface area contributed by atoms with E-state index in [0.29, 0.717) is 26.3 Å². The molecule has 1 N–H and O–H groups in total. The zero-order valence-electron chi connectivity index (χ0n) is 13.7. The normalized spacial score (nSPS) is 11.1. The van der Waals surface area contributed by atoms with Crippen molar-refractivity contribution in [2.24, 2.45) is 0 Å². The highest BCUT2D eigenvalue weighted by Gasteiger charge is 2.10. The van der Waals surface area contributed by atoms with E-state index in [9.17, 15) is 5.26 Å². The van der Waals surface area contributed by atoms with Crippen molar-refractivity contribution in [3.63, 3.8) is 0 Å². The molecule has 0 atom stereocenters. The second-order valence-corrected chi connectivity index (χ2v) is 6.91. The summed E-state index contributed by atoms with van der Waals surface area (Å²) in [6, 6.07) is 14.9. The van der Waals surface area contributed by atoms with Crippen LogP contribution in [0.5, 0.6) is 5.75 Å². The summed E-state index contributed by atoms with van der Waals surface area (Å²) in [6.45, 7) is 0. The lowest BCUT2D eigenvalue weighted by molar-refractivity contribution is 0.415. The number of benzene rings is 2. The first-order valence-electron chi connectivity index (χ1n) is 7.53. The Balaban J connectivity index is 1.86. The van der Waals surface area contributed by atoms with Gasteiger partial charge in [-0.15, -0.1) is 11.3 Å². The third kappa shape index (κ3) is 4.17. The van der Waals surface area contributed by atoms with Gasteiger partial charge in [0.2, 0.25) is 0 Å². The predicted molar refractivity (Wildman–Crippen MR) is 108 cm³/mol. The Kier molecular flexibility index (Phi) is 5.79. The molecule has 0 saturated carbocycles. The minimum Gasteiger partial charge on any atom is -0.497 e. The Morgan fingerprint density at radius 2 is 2.12 bits per heavy atom. The van der Waals surface area contributed by atoms with Crippen LogP contribution in [0.15, 0.2) is 54.0 Å². The Bertz CT molecular complexity index is 1010. The number of halogens is 2. The topological polar surface area (TPSA) is 57.9 Å². The van der Waals surface area contributed by atoms with Gasteiger partial charge >= 0.3 is 0 Å². The average molecular weight is 402 g/mol. The number of anilines is 1. The highest BCUT2D eigenvalue weighted by atomic mass is 35.5. The zero-order chi connectivity index (χ0) is 18.5. The summed E-state index contributed by atoms with van der Waals surface area (Å²) in [5.74, 6) is 0.755. The number of methoxy groups -OCH3 is 1. The number of ether oxygens (including phenoxy) is 1. The molecule has 0 saturated heterocycles. The van der Waals surface area contributed by atoms with Gasteiger partial charge < -0.3 is 10.1 Å². The van der Waals surface area contributed by atoms with Crippen molar-refractivity contribution in [2.45, 2.75) is 0 Å². The number of nitrogens with zero attached hydrogens (tertiary/aromatic N) is 2. The summed E-state index contributed by atoms with van der Waals surface area (Å²) in [4.78, 5) is 4.55. The van der Waals surface area contributed by atoms with Crippen LogP contribution >= 0.6 is 34.5 Å². The molecule has 2 aromatic carbocycles. The lowest BCUT2D eigenvalue weighted by Gasteiger charge is -2.04. The lowest BCUT2D eigenvalue weighted by Crippen LogP contribution is -1.92. The smallest absolute Gasteiger partial charge is 0.136 e. The third-order valence-corrected chi connectivity index (χ3v) is 4.96. The van der Waals surface area contributed by atoms with E-state index in [1.165, 1.54) is 11.3 Å². The van der Waals surface area contributed by atoms with Gasteiger partial charge in [0.05, 0.1) is 23.5 Å². The molecule has 1 aromatic heterocycles. The molecular formula is C19H13Cl2N3OS. The molecule has 0 aliphatic rings. The molecule has 0 aliphatic carbocycles. The van der Waals surface area contributed by atoms with Gasteiger partial charge in [0.15, 0.2) is 0 Å². The highest BCUT2D eigenvalue weighted by molar-refractivity contribution is 7.11. The quantitative estimate of drug-likeness (QED) is 0.524. The molecule has 7 heteroatoms. The van der Waals surface area contributed by atoms with Crippen LogP contribution in [0.2, 0.25) is 10.0 Å². The molecule has 3 rings (SSSR count). The van der Waals surface area contributed by atoms with Gasteiger partial charge in [-0.2, -0.15) is 5.26 Å². The molecule has 0 unspecified atom stereocenters. The second kappa shape index (κ2) is 8.24. The zero-order valence-corrected chi connectivity index (χ0v) is 16.0. The van der Waals surface area contributed by atoms with E-state index in [2.05, 4.69) is 16.4 Å². The van der Waals surface area contributed by atoms with Gasteiger partial charge in [-0.05, 0) is 30.3 Å². The van der Waals surface area contributed by atoms with E-state index in [1.54, 1.807) is 31.5 Å². The summed E-state index contributed by atoms with van der Waals surface area (Å²) in [5, 5.41) is 16.1. The van der Waals surface area contributed by atoms with Crippen LogP contribution in [-0.4, -0.2) is 12.1 Å². The van der Waals surface area contributed by atoms with Gasteiger partial charge in [0, 0.05) is 22.2 Å². The molecule has 0 amide bonds. The molecule has 0 fully saturated rings. The molecule has 4 nitrogen and oxygen atoms in total. The third-order valence-electron chi connectivity index (χ3n) is 3.52. The maximum Gasteiger partial charge on any atom is 0.136 e. The van der Waals surface area contributed by atoms with Crippen molar-refractivity contribution in [3.8, 4) is 23.1 Å². The number of thiazole rings is 1. The Morgan fingerprint density at radius 1 is 1.27 bits per heavy atom. The maximum atomic E-state index is 9.47. The highest BCUT2D eigenvalue weighted by Crippen LogP contribution is 2.29. The Morgan fingerprint density at radius 3 is 2.88 bits per heavy atom.